The molecule has 28 heavy (non-hydrogen) atoms. The van der Waals surface area contributed by atoms with Crippen molar-refractivity contribution in [2.45, 2.75) is 6.92 Å². The number of carbonyl (C=O) groups excluding carboxylic acids is 1. The highest BCUT2D eigenvalue weighted by atomic mass is 35.5. The number of pyridine rings is 1. The molecule has 1 aromatic carbocycles. The zero-order valence-electron chi connectivity index (χ0n) is 14.7. The van der Waals surface area contributed by atoms with Crippen molar-refractivity contribution in [2.24, 2.45) is 0 Å². The number of ether oxygens (including phenoxy) is 1. The van der Waals surface area contributed by atoms with Crippen molar-refractivity contribution in [3.8, 4) is 5.88 Å². The van der Waals surface area contributed by atoms with Gasteiger partial charge >= 0.3 is 0 Å². The number of aromatic nitrogens is 3. The van der Waals surface area contributed by atoms with E-state index in [-0.39, 0.29) is 28.0 Å². The Bertz CT molecular complexity index is 1170. The van der Waals surface area contributed by atoms with Crippen LogP contribution in [-0.4, -0.2) is 42.4 Å². The second kappa shape index (κ2) is 7.60. The largest absolute Gasteiger partial charge is 0.479 e. The van der Waals surface area contributed by atoms with Crippen molar-refractivity contribution in [2.75, 3.05) is 22.9 Å². The van der Waals surface area contributed by atoms with Crippen molar-refractivity contribution < 1.29 is 22.3 Å². The van der Waals surface area contributed by atoms with Crippen LogP contribution in [-0.2, 0) is 10.0 Å². The first-order chi connectivity index (χ1) is 13.3. The molecule has 2 heterocycles. The van der Waals surface area contributed by atoms with Crippen LogP contribution < -0.4 is 14.8 Å². The molecule has 0 atom stereocenters. The van der Waals surface area contributed by atoms with Gasteiger partial charge in [-0.1, -0.05) is 11.6 Å². The zero-order chi connectivity index (χ0) is 20.5. The van der Waals surface area contributed by atoms with Crippen molar-refractivity contribution in [3.05, 3.63) is 40.8 Å². The summed E-state index contributed by atoms with van der Waals surface area (Å²) >= 11 is 5.96. The second-order valence-corrected chi connectivity index (χ2v) is 8.01. The van der Waals surface area contributed by atoms with Crippen LogP contribution in [0.15, 0.2) is 24.4 Å². The Morgan fingerprint density at radius 2 is 2.14 bits per heavy atom. The first kappa shape index (κ1) is 19.8. The molecule has 3 rings (SSSR count). The van der Waals surface area contributed by atoms with Gasteiger partial charge in [-0.25, -0.2) is 17.8 Å². The Morgan fingerprint density at radius 3 is 2.82 bits per heavy atom. The maximum Gasteiger partial charge on any atom is 0.260 e. The molecule has 3 aromatic rings. The second-order valence-electron chi connectivity index (χ2n) is 5.60. The minimum Gasteiger partial charge on any atom is -0.479 e. The van der Waals surface area contributed by atoms with E-state index >= 15 is 0 Å². The summed E-state index contributed by atoms with van der Waals surface area (Å²) < 4.78 is 45.3. The number of sulfonamides is 1. The van der Waals surface area contributed by atoms with Crippen LogP contribution >= 0.6 is 11.6 Å². The molecule has 0 saturated carbocycles. The Balaban J connectivity index is 1.94. The lowest BCUT2D eigenvalue weighted by Crippen LogP contribution is -2.19. The number of amides is 1. The number of fused-ring (bicyclic) bond motifs is 1. The fraction of sp³-hybridized carbons (Fsp3) is 0.188. The Labute approximate surface area is 164 Å². The molecule has 0 aliphatic rings. The molecule has 0 radical (unpaired) electrons. The van der Waals surface area contributed by atoms with Crippen LogP contribution in [0.3, 0.4) is 0 Å². The third-order valence-corrected chi connectivity index (χ3v) is 5.40. The van der Waals surface area contributed by atoms with Gasteiger partial charge in [-0.3, -0.25) is 14.6 Å². The number of carbonyl (C=O) groups is 1. The van der Waals surface area contributed by atoms with Crippen LogP contribution in [0.2, 0.25) is 5.02 Å². The SMILES string of the molecule is CCS(=O)(=O)Nc1ccc(Cl)c(C(=O)Nc2cnc3[nH]nc(OC)c3c2)c1F. The third-order valence-electron chi connectivity index (χ3n) is 3.80. The summed E-state index contributed by atoms with van der Waals surface area (Å²) in [6.45, 7) is 1.40. The number of methoxy groups -OCH3 is 1. The quantitative estimate of drug-likeness (QED) is 0.555. The van der Waals surface area contributed by atoms with Gasteiger partial charge in [-0.05, 0) is 25.1 Å². The monoisotopic (exact) mass is 427 g/mol. The van der Waals surface area contributed by atoms with Gasteiger partial charge in [0.25, 0.3) is 5.91 Å². The van der Waals surface area contributed by atoms with Gasteiger partial charge in [-0.15, -0.1) is 5.10 Å². The summed E-state index contributed by atoms with van der Waals surface area (Å²) in [5.41, 5.74) is -0.194. The normalized spacial score (nSPS) is 11.4. The number of hydrogen-bond acceptors (Lipinski definition) is 6. The highest BCUT2D eigenvalue weighted by molar-refractivity contribution is 7.92. The van der Waals surface area contributed by atoms with Gasteiger partial charge in [0.05, 0.1) is 46.4 Å². The molecule has 9 nitrogen and oxygen atoms in total. The first-order valence-electron chi connectivity index (χ1n) is 7.93. The summed E-state index contributed by atoms with van der Waals surface area (Å²) in [5, 5.41) is 9.38. The maximum absolute atomic E-state index is 14.8. The number of H-pyrrole nitrogens is 1. The number of nitrogens with zero attached hydrogens (tertiary/aromatic N) is 2. The number of hydrogen-bond donors (Lipinski definition) is 3. The average Bonchev–Trinajstić information content (AvgIpc) is 3.06. The third kappa shape index (κ3) is 3.85. The van der Waals surface area contributed by atoms with Crippen LogP contribution in [0.1, 0.15) is 17.3 Å². The highest BCUT2D eigenvalue weighted by Gasteiger charge is 2.22. The van der Waals surface area contributed by atoms with E-state index < -0.39 is 27.3 Å². The topological polar surface area (TPSA) is 126 Å². The molecule has 0 spiro atoms. The van der Waals surface area contributed by atoms with E-state index in [1.165, 1.54) is 32.4 Å². The molecular formula is C16H15ClFN5O4S. The molecule has 0 saturated heterocycles. The average molecular weight is 428 g/mol. The fourth-order valence-corrected chi connectivity index (χ4v) is 3.25. The van der Waals surface area contributed by atoms with Gasteiger partial charge in [-0.2, -0.15) is 0 Å². The summed E-state index contributed by atoms with van der Waals surface area (Å²) in [7, 11) is -2.30. The van der Waals surface area contributed by atoms with Gasteiger partial charge in [0, 0.05) is 0 Å². The number of anilines is 2. The maximum atomic E-state index is 14.8. The molecular weight excluding hydrogens is 413 g/mol. The Kier molecular flexibility index (Phi) is 5.38. The molecule has 0 bridgehead atoms. The van der Waals surface area contributed by atoms with E-state index in [2.05, 4.69) is 25.2 Å². The van der Waals surface area contributed by atoms with Gasteiger partial charge in [0.15, 0.2) is 11.5 Å². The molecule has 0 aliphatic heterocycles. The molecule has 3 N–H and O–H groups in total. The molecule has 2 aromatic heterocycles. The summed E-state index contributed by atoms with van der Waals surface area (Å²) in [4.78, 5) is 16.7. The van der Waals surface area contributed by atoms with Crippen molar-refractivity contribution in [1.82, 2.24) is 15.2 Å². The summed E-state index contributed by atoms with van der Waals surface area (Å²) in [6, 6.07) is 3.91. The van der Waals surface area contributed by atoms with E-state index in [9.17, 15) is 17.6 Å². The summed E-state index contributed by atoms with van der Waals surface area (Å²) in [6.07, 6.45) is 1.34. The van der Waals surface area contributed by atoms with E-state index in [1.807, 2.05) is 0 Å². The van der Waals surface area contributed by atoms with Crippen LogP contribution in [0, 0.1) is 5.82 Å². The summed E-state index contributed by atoms with van der Waals surface area (Å²) in [5.74, 6) is -1.94. The Morgan fingerprint density at radius 1 is 1.39 bits per heavy atom. The van der Waals surface area contributed by atoms with E-state index in [0.717, 1.165) is 6.07 Å². The minimum absolute atomic E-state index is 0.177. The molecule has 0 aliphatic carbocycles. The minimum atomic E-state index is -3.73. The molecule has 12 heteroatoms. The van der Waals surface area contributed by atoms with Crippen LogP contribution in [0.5, 0.6) is 5.88 Å². The molecule has 1 amide bonds. The van der Waals surface area contributed by atoms with Gasteiger partial charge in [0.2, 0.25) is 15.9 Å². The van der Waals surface area contributed by atoms with Gasteiger partial charge in [0.1, 0.15) is 0 Å². The standard InChI is InChI=1S/C16H15ClFN5O4S/c1-3-28(25,26)23-11-5-4-10(17)12(13(11)18)15(24)20-8-6-9-14(19-7-8)21-22-16(9)27-2/h4-7,23H,3H2,1-2H3,(H,20,24)(H,19,21,22). The first-order valence-corrected chi connectivity index (χ1v) is 9.96. The number of halogens is 2. The lowest BCUT2D eigenvalue weighted by Gasteiger charge is -2.12. The smallest absolute Gasteiger partial charge is 0.260 e. The van der Waals surface area contributed by atoms with Crippen molar-refractivity contribution >= 4 is 49.9 Å². The lowest BCUT2D eigenvalue weighted by atomic mass is 10.1. The number of nitrogens with one attached hydrogen (secondary N) is 3. The number of aromatic amines is 1. The Hall–Kier alpha value is -2.92. The predicted octanol–water partition coefficient (Wildman–Crippen LogP) is 2.77. The highest BCUT2D eigenvalue weighted by Crippen LogP contribution is 2.28. The number of benzene rings is 1. The molecule has 0 unspecified atom stereocenters. The molecule has 148 valence electrons. The van der Waals surface area contributed by atoms with Crippen molar-refractivity contribution in [3.63, 3.8) is 0 Å². The van der Waals surface area contributed by atoms with Crippen molar-refractivity contribution in [1.29, 1.82) is 0 Å². The lowest BCUT2D eigenvalue weighted by molar-refractivity contribution is 0.102. The number of rotatable bonds is 6. The molecule has 0 fully saturated rings. The van der Waals surface area contributed by atoms with Crippen LogP contribution in [0.25, 0.3) is 11.0 Å². The van der Waals surface area contributed by atoms with Gasteiger partial charge < -0.3 is 10.1 Å². The van der Waals surface area contributed by atoms with E-state index in [1.54, 1.807) is 0 Å². The fourth-order valence-electron chi connectivity index (χ4n) is 2.38. The predicted molar refractivity (Wildman–Crippen MR) is 103 cm³/mol. The van der Waals surface area contributed by atoms with E-state index in [4.69, 9.17) is 16.3 Å². The van der Waals surface area contributed by atoms with Crippen LogP contribution in [0.4, 0.5) is 15.8 Å². The van der Waals surface area contributed by atoms with E-state index in [0.29, 0.717) is 11.0 Å². The zero-order valence-corrected chi connectivity index (χ0v) is 16.3.